The third kappa shape index (κ3) is 4.43. The van der Waals surface area contributed by atoms with Gasteiger partial charge in [0.25, 0.3) is 0 Å². The molecule has 0 saturated carbocycles. The van der Waals surface area contributed by atoms with Crippen LogP contribution in [0.15, 0.2) is 42.5 Å². The highest BCUT2D eigenvalue weighted by molar-refractivity contribution is 6.18. The SMILES string of the molecule is COc1cccc(CC(CCl)Cc2ccc(F)c(F)c2)c1. The fraction of sp³-hybridized carbons (Fsp3) is 0.294. The number of hydrogen-bond donors (Lipinski definition) is 0. The van der Waals surface area contributed by atoms with Crippen LogP contribution < -0.4 is 4.74 Å². The summed E-state index contributed by atoms with van der Waals surface area (Å²) in [5.74, 6) is -0.232. The van der Waals surface area contributed by atoms with Crippen LogP contribution in [0.25, 0.3) is 0 Å². The molecule has 2 rings (SSSR count). The van der Waals surface area contributed by atoms with E-state index < -0.39 is 11.6 Å². The normalized spacial score (nSPS) is 12.2. The molecule has 0 N–H and O–H groups in total. The molecule has 0 aliphatic carbocycles. The zero-order valence-electron chi connectivity index (χ0n) is 11.8. The maximum atomic E-state index is 13.2. The first-order valence-electron chi connectivity index (χ1n) is 6.75. The fourth-order valence-electron chi connectivity index (χ4n) is 2.31. The van der Waals surface area contributed by atoms with Crippen LogP contribution in [-0.4, -0.2) is 13.0 Å². The molecule has 0 saturated heterocycles. The first-order chi connectivity index (χ1) is 10.1. The summed E-state index contributed by atoms with van der Waals surface area (Å²) in [4.78, 5) is 0. The molecule has 0 aromatic heterocycles. The Kier molecular flexibility index (Phi) is 5.57. The van der Waals surface area contributed by atoms with E-state index in [1.54, 1.807) is 13.2 Å². The highest BCUT2D eigenvalue weighted by Gasteiger charge is 2.12. The molecule has 0 aliphatic rings. The quantitative estimate of drug-likeness (QED) is 0.708. The van der Waals surface area contributed by atoms with Crippen molar-refractivity contribution < 1.29 is 13.5 Å². The minimum absolute atomic E-state index is 0.156. The second kappa shape index (κ2) is 7.41. The molecule has 0 spiro atoms. The Balaban J connectivity index is 2.07. The van der Waals surface area contributed by atoms with E-state index in [-0.39, 0.29) is 5.92 Å². The van der Waals surface area contributed by atoms with Crippen LogP contribution in [0.1, 0.15) is 11.1 Å². The van der Waals surface area contributed by atoms with Crippen LogP contribution in [0.5, 0.6) is 5.75 Å². The van der Waals surface area contributed by atoms with Gasteiger partial charge >= 0.3 is 0 Å². The Labute approximate surface area is 128 Å². The highest BCUT2D eigenvalue weighted by atomic mass is 35.5. The molecule has 21 heavy (non-hydrogen) atoms. The van der Waals surface area contributed by atoms with Gasteiger partial charge < -0.3 is 4.74 Å². The average Bonchev–Trinajstić information content (AvgIpc) is 2.50. The molecule has 2 aromatic carbocycles. The van der Waals surface area contributed by atoms with E-state index >= 15 is 0 Å². The summed E-state index contributed by atoms with van der Waals surface area (Å²) in [6.45, 7) is 0. The topological polar surface area (TPSA) is 9.23 Å². The van der Waals surface area contributed by atoms with Gasteiger partial charge in [-0.25, -0.2) is 8.78 Å². The molecule has 112 valence electrons. The molecule has 4 heteroatoms. The summed E-state index contributed by atoms with van der Waals surface area (Å²) < 4.78 is 31.4. The van der Waals surface area contributed by atoms with Gasteiger partial charge in [-0.2, -0.15) is 0 Å². The zero-order valence-corrected chi connectivity index (χ0v) is 12.5. The first kappa shape index (κ1) is 15.8. The minimum Gasteiger partial charge on any atom is -0.497 e. The zero-order chi connectivity index (χ0) is 15.2. The molecule has 0 radical (unpaired) electrons. The van der Waals surface area contributed by atoms with E-state index in [2.05, 4.69) is 0 Å². The molecular weight excluding hydrogens is 294 g/mol. The monoisotopic (exact) mass is 310 g/mol. The number of alkyl halides is 1. The van der Waals surface area contributed by atoms with Crippen molar-refractivity contribution in [1.82, 2.24) is 0 Å². The van der Waals surface area contributed by atoms with E-state index in [4.69, 9.17) is 16.3 Å². The number of benzene rings is 2. The molecule has 0 aliphatic heterocycles. The average molecular weight is 311 g/mol. The number of hydrogen-bond acceptors (Lipinski definition) is 1. The van der Waals surface area contributed by atoms with Crippen molar-refractivity contribution in [3.63, 3.8) is 0 Å². The summed E-state index contributed by atoms with van der Waals surface area (Å²) in [6.07, 6.45) is 1.37. The maximum absolute atomic E-state index is 13.2. The van der Waals surface area contributed by atoms with Crippen molar-refractivity contribution in [2.75, 3.05) is 13.0 Å². The van der Waals surface area contributed by atoms with E-state index in [1.165, 1.54) is 6.07 Å². The standard InChI is InChI=1S/C17H17ClF2O/c1-21-15-4-2-3-12(9-15)7-14(11-18)8-13-5-6-16(19)17(20)10-13/h2-6,9-10,14H,7-8,11H2,1H3. The number of ether oxygens (including phenoxy) is 1. The highest BCUT2D eigenvalue weighted by Crippen LogP contribution is 2.20. The molecule has 1 nitrogen and oxygen atoms in total. The predicted molar refractivity (Wildman–Crippen MR) is 81.0 cm³/mol. The van der Waals surface area contributed by atoms with Crippen molar-refractivity contribution in [2.24, 2.45) is 5.92 Å². The van der Waals surface area contributed by atoms with Crippen molar-refractivity contribution in [3.8, 4) is 5.75 Å². The van der Waals surface area contributed by atoms with E-state index in [0.29, 0.717) is 12.3 Å². The van der Waals surface area contributed by atoms with Gasteiger partial charge in [0, 0.05) is 5.88 Å². The van der Waals surface area contributed by atoms with Gasteiger partial charge in [-0.15, -0.1) is 11.6 Å². The van der Waals surface area contributed by atoms with E-state index in [1.807, 2.05) is 24.3 Å². The largest absolute Gasteiger partial charge is 0.497 e. The van der Waals surface area contributed by atoms with Gasteiger partial charge in [0.15, 0.2) is 11.6 Å². The van der Waals surface area contributed by atoms with Crippen LogP contribution in [0.2, 0.25) is 0 Å². The van der Waals surface area contributed by atoms with Gasteiger partial charge in [-0.05, 0) is 54.2 Å². The number of rotatable bonds is 6. The van der Waals surface area contributed by atoms with Crippen molar-refractivity contribution in [3.05, 3.63) is 65.2 Å². The molecule has 0 bridgehead atoms. The lowest BCUT2D eigenvalue weighted by atomic mass is 9.94. The third-order valence-corrected chi connectivity index (χ3v) is 3.82. The Hall–Kier alpha value is -1.61. The second-order valence-electron chi connectivity index (χ2n) is 5.03. The third-order valence-electron chi connectivity index (χ3n) is 3.39. The minimum atomic E-state index is -0.825. The molecule has 1 unspecified atom stereocenters. The van der Waals surface area contributed by atoms with Crippen LogP contribution in [-0.2, 0) is 12.8 Å². The predicted octanol–water partition coefficient (Wildman–Crippen LogP) is 4.61. The van der Waals surface area contributed by atoms with Crippen LogP contribution in [0.3, 0.4) is 0 Å². The molecule has 0 fully saturated rings. The summed E-state index contributed by atoms with van der Waals surface area (Å²) >= 11 is 6.01. The Morgan fingerprint density at radius 2 is 1.71 bits per heavy atom. The molecular formula is C17H17ClF2O. The Morgan fingerprint density at radius 1 is 1.00 bits per heavy atom. The van der Waals surface area contributed by atoms with Gasteiger partial charge in [0.2, 0.25) is 0 Å². The van der Waals surface area contributed by atoms with Gasteiger partial charge in [-0.1, -0.05) is 18.2 Å². The Morgan fingerprint density at radius 3 is 2.33 bits per heavy atom. The molecule has 2 aromatic rings. The lowest BCUT2D eigenvalue weighted by Gasteiger charge is -2.15. The van der Waals surface area contributed by atoms with E-state index in [9.17, 15) is 8.78 Å². The summed E-state index contributed by atoms with van der Waals surface area (Å²) in [5, 5.41) is 0. The summed E-state index contributed by atoms with van der Waals surface area (Å²) in [7, 11) is 1.62. The van der Waals surface area contributed by atoms with Crippen molar-refractivity contribution in [2.45, 2.75) is 12.8 Å². The number of halogens is 3. The smallest absolute Gasteiger partial charge is 0.159 e. The summed E-state index contributed by atoms with van der Waals surface area (Å²) in [6, 6.07) is 11.8. The van der Waals surface area contributed by atoms with Crippen LogP contribution in [0, 0.1) is 17.6 Å². The molecule has 0 amide bonds. The van der Waals surface area contributed by atoms with Gasteiger partial charge in [0.05, 0.1) is 7.11 Å². The second-order valence-corrected chi connectivity index (χ2v) is 5.34. The summed E-state index contributed by atoms with van der Waals surface area (Å²) in [5.41, 5.74) is 1.87. The van der Waals surface area contributed by atoms with E-state index in [0.717, 1.165) is 29.4 Å². The fourth-order valence-corrected chi connectivity index (χ4v) is 2.53. The van der Waals surface area contributed by atoms with Crippen LogP contribution in [0.4, 0.5) is 8.78 Å². The van der Waals surface area contributed by atoms with Crippen molar-refractivity contribution >= 4 is 11.6 Å². The van der Waals surface area contributed by atoms with Crippen LogP contribution >= 0.6 is 11.6 Å². The molecule has 0 heterocycles. The van der Waals surface area contributed by atoms with Gasteiger partial charge in [0.1, 0.15) is 5.75 Å². The number of methoxy groups -OCH3 is 1. The lowest BCUT2D eigenvalue weighted by Crippen LogP contribution is -2.10. The molecule has 1 atom stereocenters. The van der Waals surface area contributed by atoms with Gasteiger partial charge in [-0.3, -0.25) is 0 Å². The lowest BCUT2D eigenvalue weighted by molar-refractivity contribution is 0.414. The maximum Gasteiger partial charge on any atom is 0.159 e. The Bertz CT molecular complexity index is 601. The van der Waals surface area contributed by atoms with Crippen molar-refractivity contribution in [1.29, 1.82) is 0 Å². The first-order valence-corrected chi connectivity index (χ1v) is 7.28.